The summed E-state index contributed by atoms with van der Waals surface area (Å²) in [6.07, 6.45) is 2.68. The van der Waals surface area contributed by atoms with Crippen LogP contribution in [0.25, 0.3) is 0 Å². The van der Waals surface area contributed by atoms with Gasteiger partial charge in [0.05, 0.1) is 5.69 Å². The van der Waals surface area contributed by atoms with Gasteiger partial charge in [-0.2, -0.15) is 5.26 Å². The van der Waals surface area contributed by atoms with Crippen molar-refractivity contribution in [2.24, 2.45) is 0 Å². The van der Waals surface area contributed by atoms with Gasteiger partial charge in [-0.15, -0.1) is 0 Å². The molecule has 0 bridgehead atoms. The van der Waals surface area contributed by atoms with E-state index in [1.807, 2.05) is 18.2 Å². The zero-order chi connectivity index (χ0) is 11.7. The molecule has 2 heterocycles. The molecule has 0 radical (unpaired) electrons. The highest BCUT2D eigenvalue weighted by Crippen LogP contribution is 2.34. The van der Waals surface area contributed by atoms with E-state index in [0.29, 0.717) is 5.69 Å². The Morgan fingerprint density at radius 2 is 1.94 bits per heavy atom. The molecule has 0 N–H and O–H groups in total. The Hall–Kier alpha value is -2.34. The predicted molar refractivity (Wildman–Crippen MR) is 66.1 cm³/mol. The average molecular weight is 221 g/mol. The second-order valence-electron chi connectivity index (χ2n) is 4.01. The minimum atomic E-state index is 0.490. The Labute approximate surface area is 99.9 Å². The van der Waals surface area contributed by atoms with Crippen molar-refractivity contribution < 1.29 is 0 Å². The monoisotopic (exact) mass is 221 g/mol. The molecule has 0 atom stereocenters. The zero-order valence-corrected chi connectivity index (χ0v) is 9.30. The van der Waals surface area contributed by atoms with Gasteiger partial charge in [0.1, 0.15) is 6.07 Å². The van der Waals surface area contributed by atoms with Crippen LogP contribution in [0.1, 0.15) is 11.3 Å². The first-order chi connectivity index (χ1) is 8.40. The summed E-state index contributed by atoms with van der Waals surface area (Å²) < 4.78 is 0. The van der Waals surface area contributed by atoms with Gasteiger partial charge < -0.3 is 4.90 Å². The third-order valence-electron chi connectivity index (χ3n) is 3.07. The largest absolute Gasteiger partial charge is 0.339 e. The molecule has 3 heteroatoms. The maximum absolute atomic E-state index is 9.09. The van der Waals surface area contributed by atoms with Crippen molar-refractivity contribution in [2.45, 2.75) is 6.42 Å². The molecule has 0 spiro atoms. The van der Waals surface area contributed by atoms with Crippen molar-refractivity contribution in [3.63, 3.8) is 0 Å². The number of aromatic nitrogens is 1. The molecule has 2 aromatic rings. The predicted octanol–water partition coefficient (Wildman–Crippen LogP) is 2.65. The zero-order valence-electron chi connectivity index (χ0n) is 9.30. The van der Waals surface area contributed by atoms with Gasteiger partial charge in [-0.25, -0.2) is 4.98 Å². The summed E-state index contributed by atoms with van der Waals surface area (Å²) in [5, 5.41) is 9.09. The lowest BCUT2D eigenvalue weighted by molar-refractivity contribution is 0.989. The number of hydrogen-bond acceptors (Lipinski definition) is 3. The van der Waals surface area contributed by atoms with Gasteiger partial charge in [-0.05, 0) is 30.2 Å². The van der Waals surface area contributed by atoms with E-state index in [-0.39, 0.29) is 0 Å². The first-order valence-electron chi connectivity index (χ1n) is 5.61. The highest BCUT2D eigenvalue weighted by atomic mass is 15.2. The minimum Gasteiger partial charge on any atom is -0.339 e. The van der Waals surface area contributed by atoms with Gasteiger partial charge in [-0.3, -0.25) is 0 Å². The summed E-state index contributed by atoms with van der Waals surface area (Å²) in [6, 6.07) is 14.3. The van der Waals surface area contributed by atoms with Crippen molar-refractivity contribution in [1.82, 2.24) is 4.98 Å². The fraction of sp³-hybridized carbons (Fsp3) is 0.143. The van der Waals surface area contributed by atoms with Gasteiger partial charge in [-0.1, -0.05) is 18.2 Å². The fourth-order valence-electron chi connectivity index (χ4n) is 2.29. The molecule has 82 valence electrons. The molecule has 17 heavy (non-hydrogen) atoms. The molecule has 3 rings (SSSR count). The third kappa shape index (κ3) is 1.55. The van der Waals surface area contributed by atoms with Crippen molar-refractivity contribution >= 4 is 11.4 Å². The van der Waals surface area contributed by atoms with Crippen molar-refractivity contribution in [3.8, 4) is 6.07 Å². The second kappa shape index (κ2) is 3.91. The molecule has 0 saturated heterocycles. The Morgan fingerprint density at radius 3 is 2.82 bits per heavy atom. The Kier molecular flexibility index (Phi) is 2.27. The first-order valence-corrected chi connectivity index (χ1v) is 5.61. The third-order valence-corrected chi connectivity index (χ3v) is 3.07. The normalized spacial score (nSPS) is 13.2. The minimum absolute atomic E-state index is 0.490. The van der Waals surface area contributed by atoms with Crippen LogP contribution in [-0.2, 0) is 6.42 Å². The summed E-state index contributed by atoms with van der Waals surface area (Å²) >= 11 is 0. The number of fused-ring (bicyclic) bond motifs is 1. The van der Waals surface area contributed by atoms with Gasteiger partial charge >= 0.3 is 0 Å². The number of pyridine rings is 1. The van der Waals surface area contributed by atoms with Crippen LogP contribution >= 0.6 is 0 Å². The smallest absolute Gasteiger partial charge is 0.164 e. The summed E-state index contributed by atoms with van der Waals surface area (Å²) in [7, 11) is 0. The summed E-state index contributed by atoms with van der Waals surface area (Å²) in [5.74, 6) is 0. The van der Waals surface area contributed by atoms with Gasteiger partial charge in [0, 0.05) is 18.4 Å². The molecule has 0 aliphatic carbocycles. The van der Waals surface area contributed by atoms with Crippen LogP contribution < -0.4 is 4.90 Å². The van der Waals surface area contributed by atoms with Crippen LogP contribution in [0.15, 0.2) is 42.6 Å². The quantitative estimate of drug-likeness (QED) is 0.743. The van der Waals surface area contributed by atoms with Crippen molar-refractivity contribution in [1.29, 1.82) is 5.26 Å². The van der Waals surface area contributed by atoms with Crippen LogP contribution in [-0.4, -0.2) is 11.5 Å². The van der Waals surface area contributed by atoms with E-state index in [2.05, 4.69) is 34.2 Å². The standard InChI is InChI=1S/C14H11N3/c15-10-12-14(6-3-8-16-12)17-9-7-11-4-1-2-5-13(11)17/h1-6,8H,7,9H2. The molecule has 1 aliphatic rings. The summed E-state index contributed by atoms with van der Waals surface area (Å²) in [6.45, 7) is 0.916. The number of nitriles is 1. The lowest BCUT2D eigenvalue weighted by Crippen LogP contribution is -2.15. The van der Waals surface area contributed by atoms with E-state index < -0.39 is 0 Å². The Bertz CT molecular complexity index is 598. The maximum Gasteiger partial charge on any atom is 0.164 e. The Balaban J connectivity index is 2.11. The molecule has 0 saturated carbocycles. The van der Waals surface area contributed by atoms with E-state index in [0.717, 1.165) is 18.7 Å². The van der Waals surface area contributed by atoms with E-state index in [9.17, 15) is 0 Å². The van der Waals surface area contributed by atoms with Gasteiger partial charge in [0.2, 0.25) is 0 Å². The van der Waals surface area contributed by atoms with Crippen LogP contribution in [0, 0.1) is 11.3 Å². The van der Waals surface area contributed by atoms with E-state index in [4.69, 9.17) is 5.26 Å². The van der Waals surface area contributed by atoms with Crippen LogP contribution in [0.2, 0.25) is 0 Å². The second-order valence-corrected chi connectivity index (χ2v) is 4.01. The molecule has 1 aliphatic heterocycles. The maximum atomic E-state index is 9.09. The molecular formula is C14H11N3. The van der Waals surface area contributed by atoms with Crippen LogP contribution in [0.5, 0.6) is 0 Å². The number of para-hydroxylation sites is 1. The van der Waals surface area contributed by atoms with Gasteiger partial charge in [0.25, 0.3) is 0 Å². The van der Waals surface area contributed by atoms with E-state index in [1.54, 1.807) is 6.20 Å². The number of rotatable bonds is 1. The number of anilines is 2. The average Bonchev–Trinajstić information content (AvgIpc) is 2.82. The highest BCUT2D eigenvalue weighted by Gasteiger charge is 2.21. The van der Waals surface area contributed by atoms with E-state index in [1.165, 1.54) is 11.3 Å². The number of benzene rings is 1. The summed E-state index contributed by atoms with van der Waals surface area (Å²) in [5.41, 5.74) is 3.92. The molecular weight excluding hydrogens is 210 g/mol. The fourth-order valence-corrected chi connectivity index (χ4v) is 2.29. The molecule has 3 nitrogen and oxygen atoms in total. The number of hydrogen-bond donors (Lipinski definition) is 0. The van der Waals surface area contributed by atoms with Crippen LogP contribution in [0.4, 0.5) is 11.4 Å². The van der Waals surface area contributed by atoms with Crippen LogP contribution in [0.3, 0.4) is 0 Å². The number of nitrogens with zero attached hydrogens (tertiary/aromatic N) is 3. The van der Waals surface area contributed by atoms with Crippen molar-refractivity contribution in [3.05, 3.63) is 53.9 Å². The van der Waals surface area contributed by atoms with E-state index >= 15 is 0 Å². The lowest BCUT2D eigenvalue weighted by atomic mass is 10.2. The SMILES string of the molecule is N#Cc1ncccc1N1CCc2ccccc21. The molecule has 1 aromatic heterocycles. The van der Waals surface area contributed by atoms with Crippen molar-refractivity contribution in [2.75, 3.05) is 11.4 Å². The highest BCUT2D eigenvalue weighted by molar-refractivity contribution is 5.72. The summed E-state index contributed by atoms with van der Waals surface area (Å²) in [4.78, 5) is 6.28. The molecule has 0 fully saturated rings. The molecule has 1 aromatic carbocycles. The van der Waals surface area contributed by atoms with Gasteiger partial charge in [0.15, 0.2) is 5.69 Å². The molecule has 0 unspecified atom stereocenters. The first kappa shape index (κ1) is 9.86. The topological polar surface area (TPSA) is 39.9 Å². The Morgan fingerprint density at radius 1 is 1.12 bits per heavy atom. The molecule has 0 amide bonds. The lowest BCUT2D eigenvalue weighted by Gasteiger charge is -2.19.